The van der Waals surface area contributed by atoms with Gasteiger partial charge in [-0.1, -0.05) is 29.3 Å². The average Bonchev–Trinajstić information content (AvgIpc) is 3.14. The summed E-state index contributed by atoms with van der Waals surface area (Å²) in [5, 5.41) is 7.00. The number of halogens is 2. The number of carbonyl (C=O) groups is 2. The lowest BCUT2D eigenvalue weighted by molar-refractivity contribution is -0.119. The minimum atomic E-state index is -0.286. The maximum absolute atomic E-state index is 12.7. The zero-order valence-electron chi connectivity index (χ0n) is 15.5. The number of rotatable bonds is 6. The molecular formula is C20H22Cl2N2O3S. The molecule has 1 aromatic heterocycles. The monoisotopic (exact) mass is 440 g/mol. The second kappa shape index (κ2) is 9.27. The van der Waals surface area contributed by atoms with Gasteiger partial charge in [0.05, 0.1) is 11.4 Å². The summed E-state index contributed by atoms with van der Waals surface area (Å²) in [6, 6.07) is 9.15. The Kier molecular flexibility index (Phi) is 6.99. The molecule has 1 fully saturated rings. The number of ether oxygens (including phenoxy) is 1. The van der Waals surface area contributed by atoms with Crippen LogP contribution in [0.2, 0.25) is 10.0 Å². The Morgan fingerprint density at radius 3 is 2.57 bits per heavy atom. The lowest BCUT2D eigenvalue weighted by atomic mass is 9.74. The molecule has 5 nitrogen and oxygen atoms in total. The van der Waals surface area contributed by atoms with Crippen molar-refractivity contribution in [1.29, 1.82) is 0 Å². The van der Waals surface area contributed by atoms with Gasteiger partial charge in [0.15, 0.2) is 0 Å². The van der Waals surface area contributed by atoms with E-state index in [0.29, 0.717) is 41.2 Å². The predicted molar refractivity (Wildman–Crippen MR) is 112 cm³/mol. The maximum atomic E-state index is 12.7. The van der Waals surface area contributed by atoms with Crippen molar-refractivity contribution in [3.63, 3.8) is 0 Å². The highest BCUT2D eigenvalue weighted by molar-refractivity contribution is 7.14. The topological polar surface area (TPSA) is 67.4 Å². The molecule has 0 saturated carbocycles. The minimum Gasteiger partial charge on any atom is -0.381 e. The van der Waals surface area contributed by atoms with Gasteiger partial charge in [0, 0.05) is 47.0 Å². The van der Waals surface area contributed by atoms with E-state index in [9.17, 15) is 9.59 Å². The second-order valence-electron chi connectivity index (χ2n) is 6.88. The molecule has 8 heteroatoms. The summed E-state index contributed by atoms with van der Waals surface area (Å²) in [5.41, 5.74) is 0.700. The Labute approximate surface area is 178 Å². The van der Waals surface area contributed by atoms with E-state index in [1.807, 2.05) is 18.2 Å². The molecule has 3 rings (SSSR count). The van der Waals surface area contributed by atoms with Gasteiger partial charge >= 0.3 is 0 Å². The fraction of sp³-hybridized carbons (Fsp3) is 0.400. The molecule has 0 aliphatic carbocycles. The van der Waals surface area contributed by atoms with Crippen LogP contribution in [0.4, 0.5) is 0 Å². The Bertz CT molecular complexity index is 863. The molecule has 2 N–H and O–H groups in total. The molecule has 0 spiro atoms. The van der Waals surface area contributed by atoms with Gasteiger partial charge in [-0.2, -0.15) is 0 Å². The Morgan fingerprint density at radius 1 is 1.14 bits per heavy atom. The van der Waals surface area contributed by atoms with Crippen LogP contribution >= 0.6 is 34.5 Å². The number of nitrogens with one attached hydrogen (secondary N) is 2. The van der Waals surface area contributed by atoms with Crippen molar-refractivity contribution in [1.82, 2.24) is 10.6 Å². The van der Waals surface area contributed by atoms with Crippen LogP contribution in [0.15, 0.2) is 30.3 Å². The van der Waals surface area contributed by atoms with Crippen LogP contribution in [-0.4, -0.2) is 31.6 Å². The zero-order chi connectivity index (χ0) is 20.1. The van der Waals surface area contributed by atoms with Crippen LogP contribution in [0.1, 0.15) is 39.9 Å². The summed E-state index contributed by atoms with van der Waals surface area (Å²) in [6.07, 6.45) is 1.54. The summed E-state index contributed by atoms with van der Waals surface area (Å²) < 4.78 is 5.54. The van der Waals surface area contributed by atoms with E-state index < -0.39 is 0 Å². The predicted octanol–water partition coefficient (Wildman–Crippen LogP) is 4.17. The number of thiophene rings is 1. The fourth-order valence-corrected chi connectivity index (χ4v) is 4.84. The summed E-state index contributed by atoms with van der Waals surface area (Å²) in [4.78, 5) is 25.3. The quantitative estimate of drug-likeness (QED) is 0.707. The van der Waals surface area contributed by atoms with Gasteiger partial charge in [0.25, 0.3) is 5.91 Å². The molecule has 2 heterocycles. The van der Waals surface area contributed by atoms with Gasteiger partial charge in [-0.15, -0.1) is 11.3 Å². The number of benzene rings is 1. The summed E-state index contributed by atoms with van der Waals surface area (Å²) in [5.74, 6) is -0.226. The fourth-order valence-electron chi connectivity index (χ4n) is 3.37. The Morgan fingerprint density at radius 2 is 1.89 bits per heavy atom. The molecule has 2 amide bonds. The molecule has 2 aromatic rings. The highest BCUT2D eigenvalue weighted by atomic mass is 35.5. The van der Waals surface area contributed by atoms with Crippen LogP contribution in [-0.2, 0) is 21.5 Å². The van der Waals surface area contributed by atoms with Crippen LogP contribution in [0.5, 0.6) is 0 Å². The standard InChI is InChI=1S/C20H22Cl2N2O3S/c1-13(25)23-11-15-3-5-18(28-15)19(26)24-12-20(6-8-27-9-7-20)16-4-2-14(21)10-17(16)22/h2-5,10H,6-9,11-12H2,1H3,(H,23,25)(H,24,26). The first-order chi connectivity index (χ1) is 13.4. The van der Waals surface area contributed by atoms with Crippen molar-refractivity contribution in [2.24, 2.45) is 0 Å². The molecule has 1 aliphatic rings. The van der Waals surface area contributed by atoms with Crippen LogP contribution in [0, 0.1) is 0 Å². The first kappa shape index (κ1) is 21.1. The number of carbonyl (C=O) groups excluding carboxylic acids is 2. The number of hydrogen-bond donors (Lipinski definition) is 2. The largest absolute Gasteiger partial charge is 0.381 e. The molecule has 0 atom stereocenters. The summed E-state index contributed by atoms with van der Waals surface area (Å²) >= 11 is 13.9. The van der Waals surface area contributed by atoms with E-state index in [2.05, 4.69) is 10.6 Å². The molecule has 1 aromatic carbocycles. The molecule has 0 bridgehead atoms. The average molecular weight is 441 g/mol. The Balaban J connectivity index is 1.72. The zero-order valence-corrected chi connectivity index (χ0v) is 17.8. The van der Waals surface area contributed by atoms with E-state index in [4.69, 9.17) is 27.9 Å². The first-order valence-electron chi connectivity index (χ1n) is 9.04. The normalized spacial score (nSPS) is 15.8. The van der Waals surface area contributed by atoms with Gasteiger partial charge in [0.1, 0.15) is 0 Å². The van der Waals surface area contributed by atoms with Crippen LogP contribution < -0.4 is 10.6 Å². The van der Waals surface area contributed by atoms with Gasteiger partial charge in [-0.05, 0) is 42.7 Å². The molecule has 1 aliphatic heterocycles. The van der Waals surface area contributed by atoms with E-state index in [-0.39, 0.29) is 17.2 Å². The first-order valence-corrected chi connectivity index (χ1v) is 10.6. The van der Waals surface area contributed by atoms with Crippen molar-refractivity contribution in [2.45, 2.75) is 31.7 Å². The number of hydrogen-bond acceptors (Lipinski definition) is 4. The smallest absolute Gasteiger partial charge is 0.261 e. The number of amides is 2. The molecule has 0 unspecified atom stereocenters. The van der Waals surface area contributed by atoms with Gasteiger partial charge in [-0.3, -0.25) is 9.59 Å². The highest BCUT2D eigenvalue weighted by Gasteiger charge is 2.36. The second-order valence-corrected chi connectivity index (χ2v) is 8.89. The van der Waals surface area contributed by atoms with Crippen LogP contribution in [0.3, 0.4) is 0 Å². The molecule has 150 valence electrons. The third-order valence-corrected chi connectivity index (χ3v) is 6.57. The van der Waals surface area contributed by atoms with Crippen molar-refractivity contribution in [2.75, 3.05) is 19.8 Å². The van der Waals surface area contributed by atoms with Gasteiger partial charge < -0.3 is 15.4 Å². The molecule has 0 radical (unpaired) electrons. The van der Waals surface area contributed by atoms with Crippen molar-refractivity contribution < 1.29 is 14.3 Å². The Hall–Kier alpha value is -1.60. The molecule has 1 saturated heterocycles. The van der Waals surface area contributed by atoms with E-state index in [1.54, 1.807) is 12.1 Å². The third-order valence-electron chi connectivity index (χ3n) is 4.94. The van der Waals surface area contributed by atoms with E-state index in [0.717, 1.165) is 23.3 Å². The third kappa shape index (κ3) is 5.06. The molecule has 28 heavy (non-hydrogen) atoms. The van der Waals surface area contributed by atoms with E-state index >= 15 is 0 Å². The SMILES string of the molecule is CC(=O)NCc1ccc(C(=O)NCC2(c3ccc(Cl)cc3Cl)CCOCC2)s1. The minimum absolute atomic E-state index is 0.0966. The van der Waals surface area contributed by atoms with E-state index in [1.165, 1.54) is 18.3 Å². The van der Waals surface area contributed by atoms with Crippen molar-refractivity contribution in [3.05, 3.63) is 55.7 Å². The van der Waals surface area contributed by atoms with Gasteiger partial charge in [-0.25, -0.2) is 0 Å². The van der Waals surface area contributed by atoms with Crippen molar-refractivity contribution >= 4 is 46.4 Å². The summed E-state index contributed by atoms with van der Waals surface area (Å²) in [6.45, 7) is 3.60. The van der Waals surface area contributed by atoms with Crippen molar-refractivity contribution in [3.8, 4) is 0 Å². The van der Waals surface area contributed by atoms with Crippen LogP contribution in [0.25, 0.3) is 0 Å². The highest BCUT2D eigenvalue weighted by Crippen LogP contribution is 2.39. The molecular weight excluding hydrogens is 419 g/mol. The van der Waals surface area contributed by atoms with Gasteiger partial charge in [0.2, 0.25) is 5.91 Å². The lowest BCUT2D eigenvalue weighted by Gasteiger charge is -2.38. The lowest BCUT2D eigenvalue weighted by Crippen LogP contribution is -2.44. The maximum Gasteiger partial charge on any atom is 0.261 e. The summed E-state index contributed by atoms with van der Waals surface area (Å²) in [7, 11) is 0.